The van der Waals surface area contributed by atoms with E-state index >= 15 is 0 Å². The summed E-state index contributed by atoms with van der Waals surface area (Å²) < 4.78 is 13.0. The average molecular weight is 273 g/mol. The number of hydrogen-bond donors (Lipinski definition) is 1. The van der Waals surface area contributed by atoms with Gasteiger partial charge in [0.25, 0.3) is 0 Å². The van der Waals surface area contributed by atoms with E-state index in [1.54, 1.807) is 23.9 Å². The van der Waals surface area contributed by atoms with Crippen LogP contribution in [0.4, 0.5) is 10.1 Å². The summed E-state index contributed by atoms with van der Waals surface area (Å²) in [6.45, 7) is 4.21. The third-order valence-electron chi connectivity index (χ3n) is 2.53. The van der Waals surface area contributed by atoms with E-state index in [1.807, 2.05) is 0 Å². The zero-order chi connectivity index (χ0) is 12.5. The fourth-order valence-corrected chi connectivity index (χ4v) is 3.00. The quantitative estimate of drug-likeness (QED) is 0.830. The molecule has 0 saturated heterocycles. The van der Waals surface area contributed by atoms with Crippen molar-refractivity contribution >= 4 is 34.2 Å². The second-order valence-electron chi connectivity index (χ2n) is 4.58. The highest BCUT2D eigenvalue weighted by molar-refractivity contribution is 8.14. The topological polar surface area (TPSA) is 24.4 Å². The van der Waals surface area contributed by atoms with Gasteiger partial charge < -0.3 is 5.32 Å². The summed E-state index contributed by atoms with van der Waals surface area (Å²) in [5.41, 5.74) is 0.734. The maximum Gasteiger partial charge on any atom is 0.161 e. The Morgan fingerprint density at radius 2 is 2.24 bits per heavy atom. The second kappa shape index (κ2) is 4.86. The van der Waals surface area contributed by atoms with Crippen LogP contribution in [0.3, 0.4) is 0 Å². The monoisotopic (exact) mass is 272 g/mol. The molecule has 1 aromatic carbocycles. The molecule has 1 heterocycles. The van der Waals surface area contributed by atoms with E-state index < -0.39 is 5.82 Å². The fourth-order valence-electron chi connectivity index (χ4n) is 1.52. The number of nitrogens with one attached hydrogen (secondary N) is 1. The first kappa shape index (κ1) is 12.7. The normalized spacial score (nSPS) is 18.7. The average Bonchev–Trinajstić information content (AvgIpc) is 2.22. The molecule has 0 aliphatic carbocycles. The van der Waals surface area contributed by atoms with Crippen molar-refractivity contribution in [3.05, 3.63) is 29.0 Å². The first-order valence-corrected chi connectivity index (χ1v) is 6.77. The number of nitrogens with zero attached hydrogens (tertiary/aromatic N) is 1. The first-order valence-electron chi connectivity index (χ1n) is 5.41. The number of rotatable bonds is 1. The molecular weight excluding hydrogens is 259 g/mol. The highest BCUT2D eigenvalue weighted by Crippen LogP contribution is 2.27. The molecule has 2 nitrogen and oxygen atoms in total. The van der Waals surface area contributed by atoms with Crippen molar-refractivity contribution in [1.29, 1.82) is 0 Å². The molecule has 1 aromatic rings. The summed E-state index contributed by atoms with van der Waals surface area (Å²) in [5.74, 6) is 0.629. The van der Waals surface area contributed by atoms with Crippen molar-refractivity contribution in [2.75, 3.05) is 11.1 Å². The maximum atomic E-state index is 13.0. The predicted molar refractivity (Wildman–Crippen MR) is 73.6 cm³/mol. The minimum atomic E-state index is -0.407. The highest BCUT2D eigenvalue weighted by atomic mass is 35.5. The van der Waals surface area contributed by atoms with Crippen LogP contribution in [0.25, 0.3) is 0 Å². The Labute approximate surface area is 110 Å². The number of benzene rings is 1. The highest BCUT2D eigenvalue weighted by Gasteiger charge is 2.22. The van der Waals surface area contributed by atoms with Gasteiger partial charge in [-0.15, -0.1) is 0 Å². The van der Waals surface area contributed by atoms with Gasteiger partial charge in [0, 0.05) is 11.4 Å². The summed E-state index contributed by atoms with van der Waals surface area (Å²) >= 11 is 7.40. The molecule has 92 valence electrons. The molecule has 0 aromatic heterocycles. The molecule has 17 heavy (non-hydrogen) atoms. The summed E-state index contributed by atoms with van der Waals surface area (Å²) in [4.78, 5) is 4.59. The molecule has 5 heteroatoms. The van der Waals surface area contributed by atoms with Crippen LogP contribution in [0.1, 0.15) is 20.3 Å². The zero-order valence-electron chi connectivity index (χ0n) is 9.76. The summed E-state index contributed by atoms with van der Waals surface area (Å²) in [6.07, 6.45) is 1.06. The number of anilines is 1. The molecule has 0 bridgehead atoms. The molecule has 1 N–H and O–H groups in total. The van der Waals surface area contributed by atoms with Crippen molar-refractivity contribution in [2.24, 2.45) is 4.99 Å². The number of aliphatic imine (C=N–C) groups is 1. The summed E-state index contributed by atoms with van der Waals surface area (Å²) in [5, 5.41) is 4.15. The van der Waals surface area contributed by atoms with Gasteiger partial charge in [0.2, 0.25) is 0 Å². The Bertz CT molecular complexity index is 460. The van der Waals surface area contributed by atoms with Crippen LogP contribution in [0.5, 0.6) is 0 Å². The molecule has 0 atom stereocenters. The van der Waals surface area contributed by atoms with Crippen molar-refractivity contribution in [3.63, 3.8) is 0 Å². The molecular formula is C12H14ClFN2S. The molecule has 0 amide bonds. The molecule has 0 unspecified atom stereocenters. The smallest absolute Gasteiger partial charge is 0.161 e. The van der Waals surface area contributed by atoms with Crippen LogP contribution < -0.4 is 5.32 Å². The SMILES string of the molecule is CC1(C)CCSC(Nc2ccc(F)c(Cl)c2)=N1. The van der Waals surface area contributed by atoms with Crippen LogP contribution >= 0.6 is 23.4 Å². The van der Waals surface area contributed by atoms with Crippen LogP contribution in [0, 0.1) is 5.82 Å². The molecule has 0 fully saturated rings. The van der Waals surface area contributed by atoms with E-state index in [0.717, 1.165) is 23.0 Å². The largest absolute Gasteiger partial charge is 0.335 e. The molecule has 2 rings (SSSR count). The number of hydrogen-bond acceptors (Lipinski definition) is 3. The van der Waals surface area contributed by atoms with Gasteiger partial charge in [-0.3, -0.25) is 4.99 Å². The Kier molecular flexibility index (Phi) is 3.64. The Hall–Kier alpha value is -0.740. The van der Waals surface area contributed by atoms with Crippen molar-refractivity contribution < 1.29 is 4.39 Å². The van der Waals surface area contributed by atoms with Crippen LogP contribution in [-0.2, 0) is 0 Å². The standard InChI is InChI=1S/C12H14ClFN2S/c1-12(2)5-6-17-11(16-12)15-8-3-4-10(14)9(13)7-8/h3-4,7H,5-6H2,1-2H3,(H,15,16). The van der Waals surface area contributed by atoms with Crippen LogP contribution in [0.2, 0.25) is 5.02 Å². The fraction of sp³-hybridized carbons (Fsp3) is 0.417. The van der Waals surface area contributed by atoms with Gasteiger partial charge in [-0.2, -0.15) is 0 Å². The third kappa shape index (κ3) is 3.36. The summed E-state index contributed by atoms with van der Waals surface area (Å²) in [7, 11) is 0. The minimum absolute atomic E-state index is 0.0303. The van der Waals surface area contributed by atoms with Crippen molar-refractivity contribution in [1.82, 2.24) is 0 Å². The molecule has 0 radical (unpaired) electrons. The Balaban J connectivity index is 2.15. The Morgan fingerprint density at radius 3 is 2.88 bits per heavy atom. The van der Waals surface area contributed by atoms with Crippen LogP contribution in [0.15, 0.2) is 23.2 Å². The lowest BCUT2D eigenvalue weighted by molar-refractivity contribution is 0.507. The van der Waals surface area contributed by atoms with Crippen LogP contribution in [-0.4, -0.2) is 16.5 Å². The van der Waals surface area contributed by atoms with E-state index in [4.69, 9.17) is 11.6 Å². The molecule has 1 aliphatic rings. The van der Waals surface area contributed by atoms with Gasteiger partial charge in [0.1, 0.15) is 5.82 Å². The Morgan fingerprint density at radius 1 is 1.47 bits per heavy atom. The van der Waals surface area contributed by atoms with Gasteiger partial charge >= 0.3 is 0 Å². The van der Waals surface area contributed by atoms with E-state index in [0.29, 0.717) is 0 Å². The minimum Gasteiger partial charge on any atom is -0.335 e. The van der Waals surface area contributed by atoms with E-state index in [-0.39, 0.29) is 10.6 Å². The van der Waals surface area contributed by atoms with Gasteiger partial charge in [0.15, 0.2) is 5.17 Å². The van der Waals surface area contributed by atoms with E-state index in [1.165, 1.54) is 6.07 Å². The zero-order valence-corrected chi connectivity index (χ0v) is 11.3. The maximum absolute atomic E-state index is 13.0. The van der Waals surface area contributed by atoms with E-state index in [9.17, 15) is 4.39 Å². The second-order valence-corrected chi connectivity index (χ2v) is 6.07. The first-order chi connectivity index (χ1) is 7.96. The van der Waals surface area contributed by atoms with Crippen molar-refractivity contribution in [2.45, 2.75) is 25.8 Å². The lowest BCUT2D eigenvalue weighted by Gasteiger charge is -2.26. The van der Waals surface area contributed by atoms with Gasteiger partial charge in [0.05, 0.1) is 10.6 Å². The van der Waals surface area contributed by atoms with Crippen molar-refractivity contribution in [3.8, 4) is 0 Å². The third-order valence-corrected chi connectivity index (χ3v) is 3.69. The molecule has 0 saturated carbocycles. The number of thioether (sulfide) groups is 1. The molecule has 0 spiro atoms. The van der Waals surface area contributed by atoms with E-state index in [2.05, 4.69) is 24.2 Å². The van der Waals surface area contributed by atoms with Gasteiger partial charge in [-0.25, -0.2) is 4.39 Å². The lowest BCUT2D eigenvalue weighted by atomic mass is 10.0. The number of halogens is 2. The van der Waals surface area contributed by atoms with Gasteiger partial charge in [-0.1, -0.05) is 23.4 Å². The number of amidine groups is 1. The molecule has 1 aliphatic heterocycles. The summed E-state index contributed by atoms with van der Waals surface area (Å²) in [6, 6.07) is 4.58. The lowest BCUT2D eigenvalue weighted by Crippen LogP contribution is -2.27. The van der Waals surface area contributed by atoms with Gasteiger partial charge in [-0.05, 0) is 38.5 Å². The predicted octanol–water partition coefficient (Wildman–Crippen LogP) is 4.16.